The number of methoxy groups -OCH3 is 1. The van der Waals surface area contributed by atoms with Crippen molar-refractivity contribution >= 4 is 15.9 Å². The molecule has 1 nitrogen and oxygen atoms in total. The molecule has 17 heavy (non-hydrogen) atoms. The van der Waals surface area contributed by atoms with E-state index in [4.69, 9.17) is 4.74 Å². The van der Waals surface area contributed by atoms with Crippen LogP contribution in [0, 0.1) is 0 Å². The van der Waals surface area contributed by atoms with E-state index in [1.54, 1.807) is 7.11 Å². The van der Waals surface area contributed by atoms with Crippen LogP contribution in [0.5, 0.6) is 5.75 Å². The van der Waals surface area contributed by atoms with Gasteiger partial charge in [0, 0.05) is 4.83 Å². The fourth-order valence-electron chi connectivity index (χ4n) is 1.75. The van der Waals surface area contributed by atoms with E-state index in [1.165, 1.54) is 11.1 Å². The monoisotopic (exact) mass is 290 g/mol. The maximum atomic E-state index is 5.15. The number of rotatable bonds is 4. The van der Waals surface area contributed by atoms with Crippen molar-refractivity contribution in [3.8, 4) is 5.75 Å². The number of halogens is 1. The highest BCUT2D eigenvalue weighted by atomic mass is 79.9. The minimum atomic E-state index is 0.358. The number of benzene rings is 2. The second kappa shape index (κ2) is 5.87. The molecule has 0 N–H and O–H groups in total. The zero-order valence-electron chi connectivity index (χ0n) is 9.77. The predicted octanol–water partition coefficient (Wildman–Crippen LogP) is 4.37. The van der Waals surface area contributed by atoms with Crippen LogP contribution in [0.3, 0.4) is 0 Å². The van der Waals surface area contributed by atoms with Gasteiger partial charge in [0.05, 0.1) is 7.11 Å². The van der Waals surface area contributed by atoms with Crippen LogP contribution >= 0.6 is 15.9 Å². The van der Waals surface area contributed by atoms with Crippen molar-refractivity contribution in [2.45, 2.75) is 11.2 Å². The highest BCUT2D eigenvalue weighted by Gasteiger charge is 2.07. The molecule has 1 unspecified atom stereocenters. The first-order valence-electron chi connectivity index (χ1n) is 5.61. The van der Waals surface area contributed by atoms with Gasteiger partial charge in [-0.3, -0.25) is 0 Å². The molecular formula is C15H15BrO. The Bertz CT molecular complexity index is 450. The summed E-state index contributed by atoms with van der Waals surface area (Å²) in [7, 11) is 1.69. The molecule has 0 aliphatic carbocycles. The van der Waals surface area contributed by atoms with Gasteiger partial charge in [-0.1, -0.05) is 58.4 Å². The molecule has 0 aromatic heterocycles. The van der Waals surface area contributed by atoms with E-state index in [9.17, 15) is 0 Å². The maximum Gasteiger partial charge on any atom is 0.118 e. The standard InChI is InChI=1S/C15H15BrO/c1-17-14-9-7-12(8-10-14)11-15(16)13-5-3-2-4-6-13/h2-10,15H,11H2,1H3. The molecule has 0 amide bonds. The van der Waals surface area contributed by atoms with Crippen molar-refractivity contribution in [2.24, 2.45) is 0 Å². The number of ether oxygens (including phenoxy) is 1. The van der Waals surface area contributed by atoms with Crippen molar-refractivity contribution < 1.29 is 4.74 Å². The molecule has 0 spiro atoms. The van der Waals surface area contributed by atoms with Crippen LogP contribution < -0.4 is 4.74 Å². The molecule has 0 aliphatic rings. The third kappa shape index (κ3) is 3.34. The number of hydrogen-bond donors (Lipinski definition) is 0. The topological polar surface area (TPSA) is 9.23 Å². The van der Waals surface area contributed by atoms with Gasteiger partial charge in [-0.2, -0.15) is 0 Å². The normalized spacial score (nSPS) is 12.1. The Hall–Kier alpha value is -1.28. The van der Waals surface area contributed by atoms with Crippen molar-refractivity contribution in [1.82, 2.24) is 0 Å². The van der Waals surface area contributed by atoms with E-state index in [-0.39, 0.29) is 0 Å². The van der Waals surface area contributed by atoms with Crippen molar-refractivity contribution in [2.75, 3.05) is 7.11 Å². The van der Waals surface area contributed by atoms with Gasteiger partial charge in [-0.05, 0) is 29.7 Å². The second-order valence-electron chi connectivity index (χ2n) is 3.93. The van der Waals surface area contributed by atoms with Crippen LogP contribution in [0.1, 0.15) is 16.0 Å². The smallest absolute Gasteiger partial charge is 0.118 e. The van der Waals surface area contributed by atoms with Crippen LogP contribution in [-0.2, 0) is 6.42 Å². The molecule has 0 fully saturated rings. The van der Waals surface area contributed by atoms with Crippen LogP contribution in [0.25, 0.3) is 0 Å². The van der Waals surface area contributed by atoms with Crippen LogP contribution in [0.2, 0.25) is 0 Å². The molecule has 2 heteroatoms. The molecule has 0 bridgehead atoms. The zero-order valence-corrected chi connectivity index (χ0v) is 11.4. The van der Waals surface area contributed by atoms with Crippen molar-refractivity contribution in [1.29, 1.82) is 0 Å². The average Bonchev–Trinajstić information content (AvgIpc) is 2.40. The average molecular weight is 291 g/mol. The Morgan fingerprint density at radius 1 is 1.00 bits per heavy atom. The summed E-state index contributed by atoms with van der Waals surface area (Å²) in [6, 6.07) is 18.7. The summed E-state index contributed by atoms with van der Waals surface area (Å²) in [4.78, 5) is 0.358. The largest absolute Gasteiger partial charge is 0.497 e. The number of alkyl halides is 1. The van der Waals surface area contributed by atoms with Gasteiger partial charge in [0.25, 0.3) is 0 Å². The molecular weight excluding hydrogens is 276 g/mol. The van der Waals surface area contributed by atoms with Gasteiger partial charge in [-0.15, -0.1) is 0 Å². The number of hydrogen-bond acceptors (Lipinski definition) is 1. The van der Waals surface area contributed by atoms with E-state index in [2.05, 4.69) is 52.3 Å². The maximum absolute atomic E-state index is 5.15. The summed E-state index contributed by atoms with van der Waals surface area (Å²) >= 11 is 3.73. The van der Waals surface area contributed by atoms with Gasteiger partial charge < -0.3 is 4.74 Å². The van der Waals surface area contributed by atoms with Gasteiger partial charge in [-0.25, -0.2) is 0 Å². The Morgan fingerprint density at radius 3 is 2.24 bits per heavy atom. The summed E-state index contributed by atoms with van der Waals surface area (Å²) in [5.74, 6) is 0.902. The highest BCUT2D eigenvalue weighted by Crippen LogP contribution is 2.27. The lowest BCUT2D eigenvalue weighted by atomic mass is 10.0. The van der Waals surface area contributed by atoms with Gasteiger partial charge in [0.15, 0.2) is 0 Å². The third-order valence-corrected chi connectivity index (χ3v) is 3.59. The Morgan fingerprint density at radius 2 is 1.65 bits per heavy atom. The first-order valence-corrected chi connectivity index (χ1v) is 6.53. The van der Waals surface area contributed by atoms with E-state index in [0.29, 0.717) is 4.83 Å². The lowest BCUT2D eigenvalue weighted by Crippen LogP contribution is -1.95. The minimum Gasteiger partial charge on any atom is -0.497 e. The molecule has 0 saturated carbocycles. The summed E-state index contributed by atoms with van der Waals surface area (Å²) in [6.45, 7) is 0. The third-order valence-electron chi connectivity index (χ3n) is 2.74. The molecule has 2 rings (SSSR count). The fourth-order valence-corrected chi connectivity index (χ4v) is 2.43. The lowest BCUT2D eigenvalue weighted by Gasteiger charge is -2.10. The van der Waals surface area contributed by atoms with Crippen molar-refractivity contribution in [3.05, 3.63) is 65.7 Å². The molecule has 0 heterocycles. The van der Waals surface area contributed by atoms with Gasteiger partial charge in [0.1, 0.15) is 5.75 Å². The predicted molar refractivity (Wildman–Crippen MR) is 74.8 cm³/mol. The van der Waals surface area contributed by atoms with E-state index >= 15 is 0 Å². The van der Waals surface area contributed by atoms with Crippen LogP contribution in [0.4, 0.5) is 0 Å². The van der Waals surface area contributed by atoms with E-state index in [1.807, 2.05) is 18.2 Å². The van der Waals surface area contributed by atoms with Crippen LogP contribution in [0.15, 0.2) is 54.6 Å². The molecule has 88 valence electrons. The molecule has 2 aromatic carbocycles. The minimum absolute atomic E-state index is 0.358. The Labute approximate surface area is 111 Å². The summed E-state index contributed by atoms with van der Waals surface area (Å²) in [6.07, 6.45) is 0.980. The summed E-state index contributed by atoms with van der Waals surface area (Å²) in [5.41, 5.74) is 2.61. The van der Waals surface area contributed by atoms with E-state index in [0.717, 1.165) is 12.2 Å². The summed E-state index contributed by atoms with van der Waals surface area (Å²) < 4.78 is 5.15. The van der Waals surface area contributed by atoms with E-state index < -0.39 is 0 Å². The molecule has 0 aliphatic heterocycles. The fraction of sp³-hybridized carbons (Fsp3) is 0.200. The summed E-state index contributed by atoms with van der Waals surface area (Å²) in [5, 5.41) is 0. The van der Waals surface area contributed by atoms with Gasteiger partial charge >= 0.3 is 0 Å². The lowest BCUT2D eigenvalue weighted by molar-refractivity contribution is 0.414. The molecule has 2 aromatic rings. The molecule has 0 saturated heterocycles. The zero-order chi connectivity index (χ0) is 12.1. The molecule has 1 atom stereocenters. The van der Waals surface area contributed by atoms with Crippen molar-refractivity contribution in [3.63, 3.8) is 0 Å². The molecule has 0 radical (unpaired) electrons. The Kier molecular flexibility index (Phi) is 4.21. The quantitative estimate of drug-likeness (QED) is 0.760. The van der Waals surface area contributed by atoms with Gasteiger partial charge in [0.2, 0.25) is 0 Å². The second-order valence-corrected chi connectivity index (χ2v) is 5.04. The Balaban J connectivity index is 2.05. The highest BCUT2D eigenvalue weighted by molar-refractivity contribution is 9.09. The first-order chi connectivity index (χ1) is 8.29. The first kappa shape index (κ1) is 12.2. The SMILES string of the molecule is COc1ccc(CC(Br)c2ccccc2)cc1. The van der Waals surface area contributed by atoms with Crippen LogP contribution in [-0.4, -0.2) is 7.11 Å².